The Hall–Kier alpha value is -1.51. The Morgan fingerprint density at radius 1 is 0.475 bits per heavy atom. The van der Waals surface area contributed by atoms with Crippen molar-refractivity contribution in [3.8, 4) is 0 Å². The summed E-state index contributed by atoms with van der Waals surface area (Å²) in [5.41, 5.74) is 5.37. The fraction of sp³-hybridized carbons (Fsp3) is 0.882. The van der Waals surface area contributed by atoms with Crippen molar-refractivity contribution in [2.75, 3.05) is 26.4 Å². The molecular formula is C51H98NO8P. The number of esters is 2. The molecule has 0 rings (SSSR count). The zero-order valence-corrected chi connectivity index (χ0v) is 40.8. The number of phosphoric acid groups is 1. The molecule has 9 nitrogen and oxygen atoms in total. The first-order valence-corrected chi connectivity index (χ1v) is 27.3. The maximum atomic E-state index is 12.6. The number of rotatable bonds is 49. The molecule has 0 aromatic carbocycles. The van der Waals surface area contributed by atoms with Crippen molar-refractivity contribution >= 4 is 19.8 Å². The summed E-state index contributed by atoms with van der Waals surface area (Å²) < 4.78 is 32.9. The van der Waals surface area contributed by atoms with Crippen LogP contribution in [-0.4, -0.2) is 49.3 Å². The molecule has 10 heteroatoms. The van der Waals surface area contributed by atoms with Gasteiger partial charge >= 0.3 is 19.8 Å². The fourth-order valence-electron chi connectivity index (χ4n) is 7.45. The molecular weight excluding hydrogens is 786 g/mol. The number of phosphoric ester groups is 1. The zero-order chi connectivity index (χ0) is 44.6. The molecule has 61 heavy (non-hydrogen) atoms. The van der Waals surface area contributed by atoms with Gasteiger partial charge in [0.2, 0.25) is 0 Å². The van der Waals surface area contributed by atoms with Gasteiger partial charge in [0.15, 0.2) is 6.10 Å². The van der Waals surface area contributed by atoms with Crippen molar-refractivity contribution in [3.63, 3.8) is 0 Å². The lowest BCUT2D eigenvalue weighted by atomic mass is 10.0. The summed E-state index contributed by atoms with van der Waals surface area (Å²) in [4.78, 5) is 35.1. The standard InChI is InChI=1S/C51H98NO8P/c1-3-5-7-9-11-13-15-17-19-21-23-24-26-27-29-31-33-35-37-39-41-43-50(53)57-47-49(48-59-61(55,56)58-46-45-52)60-51(54)44-42-40-38-36-34-32-30-28-25-22-20-18-16-14-12-10-8-6-4-2/h17-20,49H,3-16,21-48,52H2,1-2H3,(H,55,56)/b19-17-,20-18-/t49-/m1/s1. The van der Waals surface area contributed by atoms with Gasteiger partial charge in [0.1, 0.15) is 6.61 Å². The zero-order valence-electron chi connectivity index (χ0n) is 39.9. The van der Waals surface area contributed by atoms with Gasteiger partial charge in [0.05, 0.1) is 13.2 Å². The summed E-state index contributed by atoms with van der Waals surface area (Å²) in [6.07, 6.45) is 53.5. The molecule has 2 atom stereocenters. The lowest BCUT2D eigenvalue weighted by Crippen LogP contribution is -2.29. The first-order chi connectivity index (χ1) is 29.8. The highest BCUT2D eigenvalue weighted by Crippen LogP contribution is 2.43. The molecule has 0 radical (unpaired) electrons. The number of unbranched alkanes of at least 4 members (excludes halogenated alkanes) is 32. The summed E-state index contributed by atoms with van der Waals surface area (Å²) >= 11 is 0. The average molecular weight is 884 g/mol. The summed E-state index contributed by atoms with van der Waals surface area (Å²) in [6.45, 7) is 3.77. The molecule has 0 aliphatic rings. The van der Waals surface area contributed by atoms with Crippen LogP contribution in [0, 0.1) is 0 Å². The average Bonchev–Trinajstić information content (AvgIpc) is 3.25. The Bertz CT molecular complexity index is 1050. The highest BCUT2D eigenvalue weighted by molar-refractivity contribution is 7.47. The third-order valence-corrected chi connectivity index (χ3v) is 12.3. The normalized spacial score (nSPS) is 13.3. The molecule has 1 unspecified atom stereocenters. The van der Waals surface area contributed by atoms with Gasteiger partial charge in [-0.15, -0.1) is 0 Å². The second-order valence-corrected chi connectivity index (χ2v) is 18.8. The Balaban J connectivity index is 4.02. The molecule has 3 N–H and O–H groups in total. The smallest absolute Gasteiger partial charge is 0.462 e. The number of hydrogen-bond donors (Lipinski definition) is 2. The van der Waals surface area contributed by atoms with Crippen molar-refractivity contribution in [2.45, 2.75) is 264 Å². The van der Waals surface area contributed by atoms with E-state index >= 15 is 0 Å². The van der Waals surface area contributed by atoms with E-state index in [1.807, 2.05) is 0 Å². The second-order valence-electron chi connectivity index (χ2n) is 17.4. The molecule has 0 bridgehead atoms. The Morgan fingerprint density at radius 3 is 1.16 bits per heavy atom. The number of hydrogen-bond acceptors (Lipinski definition) is 8. The van der Waals surface area contributed by atoms with E-state index in [-0.39, 0.29) is 38.6 Å². The number of carbonyl (C=O) groups excluding carboxylic acids is 2. The first-order valence-electron chi connectivity index (χ1n) is 25.8. The molecule has 360 valence electrons. The minimum atomic E-state index is -4.38. The summed E-state index contributed by atoms with van der Waals surface area (Å²) in [6, 6.07) is 0. The predicted octanol–water partition coefficient (Wildman–Crippen LogP) is 15.5. The summed E-state index contributed by atoms with van der Waals surface area (Å²) in [5.74, 6) is -0.820. The molecule has 0 heterocycles. The van der Waals surface area contributed by atoms with E-state index in [2.05, 4.69) is 38.2 Å². The van der Waals surface area contributed by atoms with Gasteiger partial charge in [-0.3, -0.25) is 18.6 Å². The molecule has 0 aromatic heterocycles. The lowest BCUT2D eigenvalue weighted by Gasteiger charge is -2.19. The molecule has 0 aromatic rings. The Labute approximate surface area is 376 Å². The van der Waals surface area contributed by atoms with Gasteiger partial charge in [0, 0.05) is 19.4 Å². The highest BCUT2D eigenvalue weighted by atomic mass is 31.2. The van der Waals surface area contributed by atoms with Crippen LogP contribution in [0.5, 0.6) is 0 Å². The van der Waals surface area contributed by atoms with E-state index < -0.39 is 26.5 Å². The molecule has 0 spiro atoms. The quantitative estimate of drug-likeness (QED) is 0.0265. The minimum absolute atomic E-state index is 0.0546. The molecule has 0 aliphatic carbocycles. The van der Waals surface area contributed by atoms with E-state index in [0.29, 0.717) is 6.42 Å². The van der Waals surface area contributed by atoms with Gasteiger partial charge in [-0.25, -0.2) is 4.57 Å². The van der Waals surface area contributed by atoms with Crippen LogP contribution in [0.25, 0.3) is 0 Å². The highest BCUT2D eigenvalue weighted by Gasteiger charge is 2.26. The van der Waals surface area contributed by atoms with E-state index in [0.717, 1.165) is 38.5 Å². The summed E-state index contributed by atoms with van der Waals surface area (Å²) in [5, 5.41) is 0. The number of nitrogens with two attached hydrogens (primary N) is 1. The van der Waals surface area contributed by atoms with Crippen molar-refractivity contribution < 1.29 is 37.6 Å². The van der Waals surface area contributed by atoms with Crippen molar-refractivity contribution in [1.82, 2.24) is 0 Å². The molecule has 0 fully saturated rings. The fourth-order valence-corrected chi connectivity index (χ4v) is 8.21. The van der Waals surface area contributed by atoms with Crippen molar-refractivity contribution in [2.24, 2.45) is 5.73 Å². The number of allylic oxidation sites excluding steroid dienone is 4. The topological polar surface area (TPSA) is 134 Å². The SMILES string of the molecule is CCCCCCCC/C=C\CCCCCCCCCCCCCC(=O)OC[C@H](COP(=O)(O)OCCN)OC(=O)CCCCCCCCCCC/C=C\CCCCCCCC. The van der Waals surface area contributed by atoms with Crippen LogP contribution in [0.1, 0.15) is 258 Å². The lowest BCUT2D eigenvalue weighted by molar-refractivity contribution is -0.161. The van der Waals surface area contributed by atoms with E-state index in [4.69, 9.17) is 24.3 Å². The van der Waals surface area contributed by atoms with Gasteiger partial charge < -0.3 is 20.1 Å². The predicted molar refractivity (Wildman–Crippen MR) is 257 cm³/mol. The van der Waals surface area contributed by atoms with Gasteiger partial charge in [0.25, 0.3) is 0 Å². The third kappa shape index (κ3) is 47.8. The number of ether oxygens (including phenoxy) is 2. The van der Waals surface area contributed by atoms with Crippen molar-refractivity contribution in [3.05, 3.63) is 24.3 Å². The van der Waals surface area contributed by atoms with Crippen LogP contribution in [0.15, 0.2) is 24.3 Å². The first kappa shape index (κ1) is 59.5. The van der Waals surface area contributed by atoms with Crippen LogP contribution >= 0.6 is 7.82 Å². The monoisotopic (exact) mass is 884 g/mol. The second kappa shape index (κ2) is 48.0. The van der Waals surface area contributed by atoms with Crippen LogP contribution in [0.4, 0.5) is 0 Å². The van der Waals surface area contributed by atoms with Crippen LogP contribution in [0.2, 0.25) is 0 Å². The van der Waals surface area contributed by atoms with Gasteiger partial charge in [-0.2, -0.15) is 0 Å². The van der Waals surface area contributed by atoms with E-state index in [1.165, 1.54) is 186 Å². The molecule has 0 aliphatic heterocycles. The molecule has 0 amide bonds. The largest absolute Gasteiger partial charge is 0.472 e. The van der Waals surface area contributed by atoms with Crippen LogP contribution < -0.4 is 5.73 Å². The van der Waals surface area contributed by atoms with Gasteiger partial charge in [-0.05, 0) is 64.2 Å². The van der Waals surface area contributed by atoms with Crippen molar-refractivity contribution in [1.29, 1.82) is 0 Å². The molecule has 0 saturated carbocycles. The molecule has 0 saturated heterocycles. The minimum Gasteiger partial charge on any atom is -0.462 e. The van der Waals surface area contributed by atoms with Crippen LogP contribution in [0.3, 0.4) is 0 Å². The summed E-state index contributed by atoms with van der Waals surface area (Å²) in [7, 11) is -4.38. The number of carbonyl (C=O) groups is 2. The maximum Gasteiger partial charge on any atom is 0.472 e. The van der Waals surface area contributed by atoms with Gasteiger partial charge in [-0.1, -0.05) is 205 Å². The van der Waals surface area contributed by atoms with Crippen LogP contribution in [-0.2, 0) is 32.7 Å². The van der Waals surface area contributed by atoms with E-state index in [1.54, 1.807) is 0 Å². The third-order valence-electron chi connectivity index (χ3n) is 11.3. The Kier molecular flexibility index (Phi) is 46.8. The Morgan fingerprint density at radius 2 is 0.803 bits per heavy atom. The maximum absolute atomic E-state index is 12.6. The van der Waals surface area contributed by atoms with E-state index in [9.17, 15) is 19.0 Å².